The van der Waals surface area contributed by atoms with Gasteiger partial charge in [0, 0.05) is 42.4 Å². The zero-order valence-corrected chi connectivity index (χ0v) is 9.68. The third-order valence-electron chi connectivity index (χ3n) is 2.56. The lowest BCUT2D eigenvalue weighted by Crippen LogP contribution is -2.10. The van der Waals surface area contributed by atoms with E-state index in [4.69, 9.17) is 5.73 Å². The average molecular weight is 252 g/mol. The number of nitrogens with two attached hydrogens (primary N) is 1. The highest BCUT2D eigenvalue weighted by atomic mass is 19.3. The van der Waals surface area contributed by atoms with E-state index < -0.39 is 6.43 Å². The molecule has 18 heavy (non-hydrogen) atoms. The fourth-order valence-electron chi connectivity index (χ4n) is 1.66. The Bertz CT molecular complexity index is 497. The molecule has 2 aromatic rings. The fourth-order valence-corrected chi connectivity index (χ4v) is 1.66. The van der Waals surface area contributed by atoms with Crippen molar-refractivity contribution in [3.05, 3.63) is 42.5 Å². The smallest absolute Gasteiger partial charge is 0.265 e. The van der Waals surface area contributed by atoms with Gasteiger partial charge in [0.2, 0.25) is 0 Å². The van der Waals surface area contributed by atoms with Crippen LogP contribution >= 0.6 is 0 Å². The normalized spacial score (nSPS) is 10.8. The molecule has 4 nitrogen and oxygen atoms in total. The molecule has 1 heterocycles. The zero-order valence-electron chi connectivity index (χ0n) is 9.68. The molecule has 0 bridgehead atoms. The Kier molecular flexibility index (Phi) is 3.76. The van der Waals surface area contributed by atoms with E-state index in [2.05, 4.69) is 10.3 Å². The lowest BCUT2D eigenvalue weighted by molar-refractivity contribution is 0.152. The van der Waals surface area contributed by atoms with Crippen LogP contribution in [0.25, 0.3) is 0 Å². The number of aromatic nitrogens is 2. The van der Waals surface area contributed by atoms with Gasteiger partial charge in [0.15, 0.2) is 0 Å². The van der Waals surface area contributed by atoms with Crippen LogP contribution in [-0.2, 0) is 6.54 Å². The molecule has 0 saturated heterocycles. The fraction of sp³-hybridized carbons (Fsp3) is 0.250. The molecule has 2 rings (SSSR count). The van der Waals surface area contributed by atoms with Gasteiger partial charge < -0.3 is 15.6 Å². The van der Waals surface area contributed by atoms with E-state index in [1.165, 1.54) is 6.07 Å². The van der Waals surface area contributed by atoms with Crippen molar-refractivity contribution in [3.63, 3.8) is 0 Å². The van der Waals surface area contributed by atoms with E-state index >= 15 is 0 Å². The first kappa shape index (κ1) is 12.3. The number of nitrogens with zero attached hydrogens (tertiary/aromatic N) is 2. The highest BCUT2D eigenvalue weighted by Gasteiger charge is 2.12. The standard InChI is InChI=1S/C12H14F2N4/c13-12(14)10-7-9(15)1-2-11(10)17-4-6-18-5-3-16-8-18/h1-3,5,7-8,12,17H,4,6,15H2. The van der Waals surface area contributed by atoms with Crippen molar-refractivity contribution < 1.29 is 8.78 Å². The first-order valence-corrected chi connectivity index (χ1v) is 5.54. The van der Waals surface area contributed by atoms with Gasteiger partial charge in [-0.2, -0.15) is 0 Å². The quantitative estimate of drug-likeness (QED) is 0.804. The van der Waals surface area contributed by atoms with Crippen LogP contribution in [0.2, 0.25) is 0 Å². The van der Waals surface area contributed by atoms with E-state index in [1.54, 1.807) is 24.7 Å². The van der Waals surface area contributed by atoms with Gasteiger partial charge >= 0.3 is 0 Å². The minimum atomic E-state index is -2.54. The summed E-state index contributed by atoms with van der Waals surface area (Å²) in [5.74, 6) is 0. The summed E-state index contributed by atoms with van der Waals surface area (Å²) < 4.78 is 27.5. The summed E-state index contributed by atoms with van der Waals surface area (Å²) in [6.45, 7) is 1.20. The Labute approximate surface area is 103 Å². The van der Waals surface area contributed by atoms with E-state index in [9.17, 15) is 8.78 Å². The molecule has 0 aliphatic rings. The third kappa shape index (κ3) is 2.97. The van der Waals surface area contributed by atoms with Gasteiger partial charge in [-0.3, -0.25) is 0 Å². The number of benzene rings is 1. The van der Waals surface area contributed by atoms with E-state index in [-0.39, 0.29) is 5.56 Å². The first-order chi connectivity index (χ1) is 8.66. The summed E-state index contributed by atoms with van der Waals surface area (Å²) >= 11 is 0. The van der Waals surface area contributed by atoms with Gasteiger partial charge in [0.25, 0.3) is 6.43 Å². The summed E-state index contributed by atoms with van der Waals surface area (Å²) in [7, 11) is 0. The van der Waals surface area contributed by atoms with Crippen molar-refractivity contribution in [2.24, 2.45) is 0 Å². The maximum absolute atomic E-state index is 12.8. The first-order valence-electron chi connectivity index (χ1n) is 5.54. The lowest BCUT2D eigenvalue weighted by atomic mass is 10.1. The minimum absolute atomic E-state index is 0.0689. The summed E-state index contributed by atoms with van der Waals surface area (Å²) in [5, 5.41) is 2.98. The molecule has 0 unspecified atom stereocenters. The van der Waals surface area contributed by atoms with Crippen LogP contribution in [0.1, 0.15) is 12.0 Å². The monoisotopic (exact) mass is 252 g/mol. The Morgan fingerprint density at radius 1 is 1.39 bits per heavy atom. The highest BCUT2D eigenvalue weighted by molar-refractivity contribution is 5.58. The number of alkyl halides is 2. The Morgan fingerprint density at radius 2 is 2.22 bits per heavy atom. The topological polar surface area (TPSA) is 55.9 Å². The number of hydrogen-bond acceptors (Lipinski definition) is 3. The third-order valence-corrected chi connectivity index (χ3v) is 2.56. The van der Waals surface area contributed by atoms with Crippen LogP contribution < -0.4 is 11.1 Å². The molecule has 96 valence electrons. The maximum atomic E-state index is 12.8. The van der Waals surface area contributed by atoms with E-state index in [1.807, 2.05) is 10.8 Å². The molecule has 0 spiro atoms. The Hall–Kier alpha value is -2.11. The van der Waals surface area contributed by atoms with Gasteiger partial charge in [-0.1, -0.05) is 0 Å². The molecule has 0 saturated carbocycles. The van der Waals surface area contributed by atoms with Crippen molar-refractivity contribution >= 4 is 11.4 Å². The van der Waals surface area contributed by atoms with Crippen molar-refractivity contribution in [3.8, 4) is 0 Å². The van der Waals surface area contributed by atoms with Gasteiger partial charge in [-0.05, 0) is 18.2 Å². The predicted octanol–water partition coefficient (Wildman–Crippen LogP) is 2.52. The Balaban J connectivity index is 2.00. The second kappa shape index (κ2) is 5.48. The summed E-state index contributed by atoms with van der Waals surface area (Å²) in [4.78, 5) is 3.90. The average Bonchev–Trinajstić information content (AvgIpc) is 2.84. The molecule has 0 atom stereocenters. The summed E-state index contributed by atoms with van der Waals surface area (Å²) in [6.07, 6.45) is 2.63. The van der Waals surface area contributed by atoms with Crippen LogP contribution in [-0.4, -0.2) is 16.1 Å². The van der Waals surface area contributed by atoms with Crippen LogP contribution in [0.4, 0.5) is 20.2 Å². The SMILES string of the molecule is Nc1ccc(NCCn2ccnc2)c(C(F)F)c1. The van der Waals surface area contributed by atoms with Crippen LogP contribution in [0.15, 0.2) is 36.9 Å². The molecule has 1 aromatic carbocycles. The molecule has 0 fully saturated rings. The summed E-state index contributed by atoms with van der Waals surface area (Å²) in [6, 6.07) is 4.47. The van der Waals surface area contributed by atoms with Crippen LogP contribution in [0, 0.1) is 0 Å². The van der Waals surface area contributed by atoms with Crippen molar-refractivity contribution in [1.82, 2.24) is 9.55 Å². The predicted molar refractivity (Wildman–Crippen MR) is 66.5 cm³/mol. The van der Waals surface area contributed by atoms with Crippen molar-refractivity contribution in [2.75, 3.05) is 17.6 Å². The molecular weight excluding hydrogens is 238 g/mol. The van der Waals surface area contributed by atoms with Crippen molar-refractivity contribution in [1.29, 1.82) is 0 Å². The van der Waals surface area contributed by atoms with Gasteiger partial charge in [-0.25, -0.2) is 13.8 Å². The Morgan fingerprint density at radius 3 is 2.89 bits per heavy atom. The summed E-state index contributed by atoms with van der Waals surface area (Å²) in [5.41, 5.74) is 6.18. The highest BCUT2D eigenvalue weighted by Crippen LogP contribution is 2.28. The number of nitrogens with one attached hydrogen (secondary N) is 1. The number of halogens is 2. The van der Waals surface area contributed by atoms with E-state index in [0.717, 1.165) is 0 Å². The largest absolute Gasteiger partial charge is 0.399 e. The zero-order chi connectivity index (χ0) is 13.0. The minimum Gasteiger partial charge on any atom is -0.399 e. The number of imidazole rings is 1. The molecule has 3 N–H and O–H groups in total. The number of rotatable bonds is 5. The molecule has 0 aliphatic carbocycles. The van der Waals surface area contributed by atoms with Gasteiger partial charge in [-0.15, -0.1) is 0 Å². The lowest BCUT2D eigenvalue weighted by Gasteiger charge is -2.12. The molecule has 0 aliphatic heterocycles. The van der Waals surface area contributed by atoms with Crippen molar-refractivity contribution in [2.45, 2.75) is 13.0 Å². The van der Waals surface area contributed by atoms with Crippen LogP contribution in [0.5, 0.6) is 0 Å². The second-order valence-electron chi connectivity index (χ2n) is 3.87. The van der Waals surface area contributed by atoms with Gasteiger partial charge in [0.1, 0.15) is 0 Å². The number of nitrogen functional groups attached to an aromatic ring is 1. The van der Waals surface area contributed by atoms with Crippen LogP contribution in [0.3, 0.4) is 0 Å². The molecular formula is C12H14F2N4. The number of anilines is 2. The molecule has 1 aromatic heterocycles. The second-order valence-corrected chi connectivity index (χ2v) is 3.87. The maximum Gasteiger partial charge on any atom is 0.265 e. The van der Waals surface area contributed by atoms with Gasteiger partial charge in [0.05, 0.1) is 6.33 Å². The number of hydrogen-bond donors (Lipinski definition) is 2. The van der Waals surface area contributed by atoms with E-state index in [0.29, 0.717) is 24.5 Å². The molecule has 0 radical (unpaired) electrons. The molecule has 0 amide bonds. The molecule has 6 heteroatoms.